The molecule has 0 heterocycles. The van der Waals surface area contributed by atoms with E-state index in [1.165, 1.54) is 0 Å². The van der Waals surface area contributed by atoms with Crippen LogP contribution in [0.1, 0.15) is 95.6 Å². The minimum absolute atomic E-state index is 0.0981. The molecular formula is C25H38O6. The van der Waals surface area contributed by atoms with Gasteiger partial charge in [0.05, 0.1) is 10.8 Å². The van der Waals surface area contributed by atoms with Gasteiger partial charge in [-0.2, -0.15) is 0 Å². The number of aliphatic carboxylic acids is 2. The number of unbranched alkanes of at least 4 members (excludes halogenated alkanes) is 5. The zero-order chi connectivity index (χ0) is 23.1. The molecule has 1 aliphatic carbocycles. The normalized spacial score (nSPS) is 15.0. The highest BCUT2D eigenvalue weighted by molar-refractivity contribution is 5.77. The maximum atomic E-state index is 11.3. The van der Waals surface area contributed by atoms with Crippen LogP contribution in [0.15, 0.2) is 12.1 Å². The van der Waals surface area contributed by atoms with Crippen LogP contribution in [0, 0.1) is 10.8 Å². The topological polar surface area (TPSA) is 115 Å². The molecule has 0 radical (unpaired) electrons. The number of carboxylic acids is 2. The summed E-state index contributed by atoms with van der Waals surface area (Å²) in [5.74, 6) is -1.62. The number of carbonyl (C=O) groups is 2. The summed E-state index contributed by atoms with van der Waals surface area (Å²) in [7, 11) is 0. The molecule has 1 aliphatic rings. The van der Waals surface area contributed by atoms with Crippen LogP contribution >= 0.6 is 0 Å². The third-order valence-corrected chi connectivity index (χ3v) is 6.78. The molecule has 0 amide bonds. The first kappa shape index (κ1) is 25.0. The summed E-state index contributed by atoms with van der Waals surface area (Å²) >= 11 is 0. The third kappa shape index (κ3) is 7.44. The number of aromatic hydroxyl groups is 2. The van der Waals surface area contributed by atoms with Gasteiger partial charge >= 0.3 is 11.9 Å². The molecule has 0 unspecified atom stereocenters. The molecule has 1 saturated carbocycles. The van der Waals surface area contributed by atoms with E-state index in [4.69, 9.17) is 0 Å². The summed E-state index contributed by atoms with van der Waals surface area (Å²) < 4.78 is 0. The summed E-state index contributed by atoms with van der Waals surface area (Å²) in [6.07, 6.45) is 11.2. The molecule has 0 aliphatic heterocycles. The Morgan fingerprint density at radius 1 is 0.839 bits per heavy atom. The van der Waals surface area contributed by atoms with Crippen molar-refractivity contribution < 1.29 is 30.0 Å². The first-order chi connectivity index (χ1) is 14.6. The molecule has 0 saturated heterocycles. The highest BCUT2D eigenvalue weighted by Crippen LogP contribution is 2.50. The zero-order valence-electron chi connectivity index (χ0n) is 19.0. The first-order valence-corrected chi connectivity index (χ1v) is 11.6. The van der Waals surface area contributed by atoms with Crippen molar-refractivity contribution in [2.24, 2.45) is 10.8 Å². The molecule has 6 nitrogen and oxygen atoms in total. The molecule has 0 spiro atoms. The van der Waals surface area contributed by atoms with Crippen LogP contribution in [0.3, 0.4) is 0 Å². The number of hydrogen-bond donors (Lipinski definition) is 4. The van der Waals surface area contributed by atoms with Crippen molar-refractivity contribution in [3.63, 3.8) is 0 Å². The summed E-state index contributed by atoms with van der Waals surface area (Å²) in [5, 5.41) is 38.2. The van der Waals surface area contributed by atoms with Crippen LogP contribution in [0.25, 0.3) is 0 Å². The Labute approximate surface area is 185 Å². The second-order valence-corrected chi connectivity index (χ2v) is 9.86. The Morgan fingerprint density at radius 3 is 1.77 bits per heavy atom. The van der Waals surface area contributed by atoms with Gasteiger partial charge in [-0.3, -0.25) is 9.59 Å². The van der Waals surface area contributed by atoms with E-state index < -0.39 is 22.8 Å². The lowest BCUT2D eigenvalue weighted by Gasteiger charge is -2.18. The van der Waals surface area contributed by atoms with Crippen molar-refractivity contribution in [1.82, 2.24) is 0 Å². The number of phenolic OH excluding ortho intramolecular Hbond substituents is 2. The minimum atomic E-state index is -0.757. The number of hydrogen-bond acceptors (Lipinski definition) is 4. The lowest BCUT2D eigenvalue weighted by molar-refractivity contribution is -0.147. The lowest BCUT2D eigenvalue weighted by atomic mass is 9.87. The fraction of sp³-hybridized carbons (Fsp3) is 0.680. The molecule has 2 rings (SSSR count). The average Bonchev–Trinajstić information content (AvgIpc) is 3.48. The second kappa shape index (κ2) is 10.9. The summed E-state index contributed by atoms with van der Waals surface area (Å²) in [6, 6.07) is 3.31. The molecule has 0 atom stereocenters. The van der Waals surface area contributed by atoms with Crippen LogP contribution in [-0.4, -0.2) is 32.4 Å². The van der Waals surface area contributed by atoms with Crippen LogP contribution < -0.4 is 0 Å². The van der Waals surface area contributed by atoms with E-state index in [1.807, 2.05) is 0 Å². The fourth-order valence-corrected chi connectivity index (χ4v) is 4.15. The largest absolute Gasteiger partial charge is 0.504 e. The molecule has 174 valence electrons. The zero-order valence-corrected chi connectivity index (χ0v) is 19.0. The molecular weight excluding hydrogens is 396 g/mol. The van der Waals surface area contributed by atoms with Gasteiger partial charge in [0.15, 0.2) is 11.5 Å². The molecule has 1 aromatic carbocycles. The Balaban J connectivity index is 1.75. The van der Waals surface area contributed by atoms with Crippen molar-refractivity contribution >= 4 is 11.9 Å². The van der Waals surface area contributed by atoms with Gasteiger partial charge in [-0.15, -0.1) is 0 Å². The Kier molecular flexibility index (Phi) is 8.78. The van der Waals surface area contributed by atoms with E-state index in [0.717, 1.165) is 88.2 Å². The Bertz CT molecular complexity index is 764. The van der Waals surface area contributed by atoms with E-state index in [-0.39, 0.29) is 11.5 Å². The summed E-state index contributed by atoms with van der Waals surface area (Å²) in [5.41, 5.74) is 0.952. The van der Waals surface area contributed by atoms with Gasteiger partial charge in [0.2, 0.25) is 0 Å². The van der Waals surface area contributed by atoms with Crippen molar-refractivity contribution in [3.05, 3.63) is 23.3 Å². The van der Waals surface area contributed by atoms with Gasteiger partial charge < -0.3 is 20.4 Å². The van der Waals surface area contributed by atoms with E-state index in [2.05, 4.69) is 0 Å². The minimum Gasteiger partial charge on any atom is -0.504 e. The van der Waals surface area contributed by atoms with Gasteiger partial charge in [-0.05, 0) is 88.5 Å². The maximum absolute atomic E-state index is 11.3. The number of rotatable bonds is 15. The van der Waals surface area contributed by atoms with Crippen LogP contribution in [0.2, 0.25) is 0 Å². The first-order valence-electron chi connectivity index (χ1n) is 11.6. The fourth-order valence-electron chi connectivity index (χ4n) is 4.15. The lowest BCUT2D eigenvalue weighted by Crippen LogP contribution is -2.23. The summed E-state index contributed by atoms with van der Waals surface area (Å²) in [4.78, 5) is 22.4. The molecule has 6 heteroatoms. The monoisotopic (exact) mass is 434 g/mol. The van der Waals surface area contributed by atoms with Gasteiger partial charge in [-0.1, -0.05) is 32.1 Å². The van der Waals surface area contributed by atoms with E-state index in [9.17, 15) is 30.0 Å². The summed E-state index contributed by atoms with van der Waals surface area (Å²) in [6.45, 7) is 3.51. The highest BCUT2D eigenvalue weighted by atomic mass is 16.4. The molecule has 1 fully saturated rings. The SMILES string of the molecule is CC(C)(CCCCCCc1cc(O)c(O)cc1CCCCCC1(C(=O)O)CC1)C(=O)O. The number of phenols is 2. The smallest absolute Gasteiger partial charge is 0.309 e. The van der Waals surface area contributed by atoms with Crippen molar-refractivity contribution in [2.75, 3.05) is 0 Å². The second-order valence-electron chi connectivity index (χ2n) is 9.86. The average molecular weight is 435 g/mol. The van der Waals surface area contributed by atoms with Crippen molar-refractivity contribution in [1.29, 1.82) is 0 Å². The maximum Gasteiger partial charge on any atom is 0.309 e. The Hall–Kier alpha value is -2.24. The van der Waals surface area contributed by atoms with Crippen LogP contribution in [0.5, 0.6) is 11.5 Å². The number of aryl methyl sites for hydroxylation is 2. The molecule has 31 heavy (non-hydrogen) atoms. The van der Waals surface area contributed by atoms with Gasteiger partial charge in [0.1, 0.15) is 0 Å². The number of carboxylic acid groups (broad SMARTS) is 2. The number of benzene rings is 1. The predicted molar refractivity (Wildman–Crippen MR) is 119 cm³/mol. The Morgan fingerprint density at radius 2 is 1.32 bits per heavy atom. The van der Waals surface area contributed by atoms with Crippen molar-refractivity contribution in [3.8, 4) is 11.5 Å². The molecule has 0 aromatic heterocycles. The standard InChI is InChI=1S/C25H38O6/c1-24(2,22(28)29)12-8-4-3-6-10-18-16-20(26)21(27)17-19(18)11-7-5-9-13-25(14-15-25)23(30)31/h16-17,26-27H,3-15H2,1-2H3,(H,28,29)(H,30,31). The van der Waals surface area contributed by atoms with Gasteiger partial charge in [0, 0.05) is 0 Å². The van der Waals surface area contributed by atoms with Crippen molar-refractivity contribution in [2.45, 2.75) is 97.3 Å². The van der Waals surface area contributed by atoms with Crippen LogP contribution in [-0.2, 0) is 22.4 Å². The van der Waals surface area contributed by atoms with E-state index in [0.29, 0.717) is 6.42 Å². The van der Waals surface area contributed by atoms with Gasteiger partial charge in [0.25, 0.3) is 0 Å². The third-order valence-electron chi connectivity index (χ3n) is 6.78. The highest BCUT2D eigenvalue weighted by Gasteiger charge is 2.49. The van der Waals surface area contributed by atoms with Gasteiger partial charge in [-0.25, -0.2) is 0 Å². The molecule has 4 N–H and O–H groups in total. The van der Waals surface area contributed by atoms with E-state index in [1.54, 1.807) is 26.0 Å². The molecule has 0 bridgehead atoms. The predicted octanol–water partition coefficient (Wildman–Crippen LogP) is 5.67. The van der Waals surface area contributed by atoms with Crippen LogP contribution in [0.4, 0.5) is 0 Å². The van der Waals surface area contributed by atoms with E-state index >= 15 is 0 Å². The molecule has 1 aromatic rings. The quantitative estimate of drug-likeness (QED) is 0.209.